The van der Waals surface area contributed by atoms with Crippen molar-refractivity contribution in [2.75, 3.05) is 14.2 Å². The molecule has 1 aromatic heterocycles. The number of benzene rings is 1. The predicted molar refractivity (Wildman–Crippen MR) is 82.1 cm³/mol. The van der Waals surface area contributed by atoms with Gasteiger partial charge < -0.3 is 19.0 Å². The van der Waals surface area contributed by atoms with Crippen LogP contribution in [0.3, 0.4) is 0 Å². The summed E-state index contributed by atoms with van der Waals surface area (Å²) in [5.41, 5.74) is 0.921. The van der Waals surface area contributed by atoms with Gasteiger partial charge in [0.1, 0.15) is 11.5 Å². The summed E-state index contributed by atoms with van der Waals surface area (Å²) in [6.07, 6.45) is 1.22. The first kappa shape index (κ1) is 16.4. The van der Waals surface area contributed by atoms with Crippen molar-refractivity contribution in [1.29, 1.82) is 0 Å². The summed E-state index contributed by atoms with van der Waals surface area (Å²) in [6.45, 7) is 0. The lowest BCUT2D eigenvalue weighted by atomic mass is 10.1. The van der Waals surface area contributed by atoms with Crippen LogP contribution in [0.2, 0.25) is 0 Å². The van der Waals surface area contributed by atoms with Gasteiger partial charge in [0.2, 0.25) is 0 Å². The molecular weight excluding hydrogens is 300 g/mol. The highest BCUT2D eigenvalue weighted by atomic mass is 16.5. The van der Waals surface area contributed by atoms with Crippen molar-refractivity contribution in [2.24, 2.45) is 0 Å². The molecule has 0 fully saturated rings. The number of rotatable bonds is 6. The van der Waals surface area contributed by atoms with Crippen LogP contribution in [0.1, 0.15) is 17.1 Å². The number of aliphatic hydroxyl groups excluding tert-OH is 1. The SMILES string of the molecule is COC(=O)C(=O)/C=C(\O)c1ccc(Cc2ccccc2OC)o1. The number of hydrogen-bond donors (Lipinski definition) is 1. The van der Waals surface area contributed by atoms with E-state index in [1.165, 1.54) is 6.07 Å². The van der Waals surface area contributed by atoms with Crippen molar-refractivity contribution in [3.05, 3.63) is 59.6 Å². The maximum Gasteiger partial charge on any atom is 0.378 e. The Kier molecular flexibility index (Phi) is 5.19. The predicted octanol–water partition coefficient (Wildman–Crippen LogP) is 2.52. The van der Waals surface area contributed by atoms with Gasteiger partial charge in [-0.2, -0.15) is 0 Å². The molecule has 6 heteroatoms. The zero-order valence-corrected chi connectivity index (χ0v) is 12.7. The largest absolute Gasteiger partial charge is 0.504 e. The molecule has 0 aliphatic heterocycles. The average Bonchev–Trinajstić information content (AvgIpc) is 3.03. The molecule has 0 unspecified atom stereocenters. The van der Waals surface area contributed by atoms with Crippen LogP contribution in [0.4, 0.5) is 0 Å². The zero-order valence-electron chi connectivity index (χ0n) is 12.7. The molecule has 1 heterocycles. The Morgan fingerprint density at radius 1 is 1.17 bits per heavy atom. The van der Waals surface area contributed by atoms with Gasteiger partial charge in [-0.25, -0.2) is 4.79 Å². The van der Waals surface area contributed by atoms with E-state index in [0.717, 1.165) is 24.5 Å². The monoisotopic (exact) mass is 316 g/mol. The Labute approximate surface area is 132 Å². The smallest absolute Gasteiger partial charge is 0.378 e. The molecule has 0 aliphatic carbocycles. The first-order valence-corrected chi connectivity index (χ1v) is 6.79. The Hall–Kier alpha value is -3.02. The number of aliphatic hydroxyl groups is 1. The van der Waals surface area contributed by atoms with E-state index < -0.39 is 17.5 Å². The minimum absolute atomic E-state index is 0.0900. The fourth-order valence-corrected chi connectivity index (χ4v) is 2.00. The third-order valence-electron chi connectivity index (χ3n) is 3.13. The maximum absolute atomic E-state index is 11.4. The van der Waals surface area contributed by atoms with Gasteiger partial charge in [-0.3, -0.25) is 4.79 Å². The van der Waals surface area contributed by atoms with Crippen LogP contribution in [0.25, 0.3) is 5.76 Å². The van der Waals surface area contributed by atoms with Gasteiger partial charge >= 0.3 is 5.97 Å². The fourth-order valence-electron chi connectivity index (χ4n) is 2.00. The zero-order chi connectivity index (χ0) is 16.8. The van der Waals surface area contributed by atoms with Crippen LogP contribution in [0.5, 0.6) is 5.75 Å². The van der Waals surface area contributed by atoms with Crippen LogP contribution >= 0.6 is 0 Å². The molecule has 2 aromatic rings. The minimum Gasteiger partial charge on any atom is -0.504 e. The number of carbonyl (C=O) groups is 2. The molecule has 0 amide bonds. The highest BCUT2D eigenvalue weighted by molar-refractivity contribution is 6.39. The summed E-state index contributed by atoms with van der Waals surface area (Å²) >= 11 is 0. The van der Waals surface area contributed by atoms with Crippen molar-refractivity contribution in [3.63, 3.8) is 0 Å². The second-order valence-electron chi connectivity index (χ2n) is 4.64. The molecule has 0 saturated heterocycles. The van der Waals surface area contributed by atoms with Crippen molar-refractivity contribution in [1.82, 2.24) is 0 Å². The first-order chi connectivity index (χ1) is 11.0. The van der Waals surface area contributed by atoms with Crippen molar-refractivity contribution in [2.45, 2.75) is 6.42 Å². The summed E-state index contributed by atoms with van der Waals surface area (Å²) < 4.78 is 15.0. The molecule has 1 N–H and O–H groups in total. The Balaban J connectivity index is 2.16. The summed E-state index contributed by atoms with van der Waals surface area (Å²) in [5, 5.41) is 9.83. The van der Waals surface area contributed by atoms with Gasteiger partial charge in [0.15, 0.2) is 11.5 Å². The molecule has 0 radical (unpaired) electrons. The van der Waals surface area contributed by atoms with Crippen molar-refractivity contribution in [3.8, 4) is 5.75 Å². The third-order valence-corrected chi connectivity index (χ3v) is 3.13. The van der Waals surface area contributed by atoms with Crippen LogP contribution in [-0.4, -0.2) is 31.1 Å². The Morgan fingerprint density at radius 3 is 2.61 bits per heavy atom. The molecule has 0 bridgehead atoms. The number of hydrogen-bond acceptors (Lipinski definition) is 6. The van der Waals surface area contributed by atoms with Gasteiger partial charge in [-0.1, -0.05) is 18.2 Å². The van der Waals surface area contributed by atoms with Gasteiger partial charge in [-0.05, 0) is 18.2 Å². The van der Waals surface area contributed by atoms with E-state index in [9.17, 15) is 14.7 Å². The molecule has 1 aromatic carbocycles. The van der Waals surface area contributed by atoms with E-state index in [1.807, 2.05) is 24.3 Å². The second kappa shape index (κ2) is 7.31. The molecular formula is C17H16O6. The van der Waals surface area contributed by atoms with Crippen molar-refractivity contribution < 1.29 is 28.6 Å². The van der Waals surface area contributed by atoms with Crippen LogP contribution in [0, 0.1) is 0 Å². The number of furan rings is 1. The molecule has 0 saturated carbocycles. The number of carbonyl (C=O) groups excluding carboxylic acids is 2. The number of methoxy groups -OCH3 is 2. The lowest BCUT2D eigenvalue weighted by molar-refractivity contribution is -0.149. The maximum atomic E-state index is 11.4. The van der Waals surface area contributed by atoms with E-state index in [1.54, 1.807) is 13.2 Å². The Morgan fingerprint density at radius 2 is 1.91 bits per heavy atom. The number of ketones is 1. The van der Waals surface area contributed by atoms with E-state index in [4.69, 9.17) is 9.15 Å². The number of ether oxygens (including phenoxy) is 2. The quantitative estimate of drug-likeness (QED) is 0.381. The van der Waals surface area contributed by atoms with Gasteiger partial charge in [0.25, 0.3) is 5.78 Å². The topological polar surface area (TPSA) is 86.0 Å². The lowest BCUT2D eigenvalue weighted by Crippen LogP contribution is -2.12. The van der Waals surface area contributed by atoms with Crippen LogP contribution < -0.4 is 4.74 Å². The van der Waals surface area contributed by atoms with E-state index >= 15 is 0 Å². The lowest BCUT2D eigenvalue weighted by Gasteiger charge is -2.06. The Bertz CT molecular complexity index is 741. The summed E-state index contributed by atoms with van der Waals surface area (Å²) in [7, 11) is 2.67. The number of para-hydroxylation sites is 1. The molecule has 0 aliphatic rings. The molecule has 0 atom stereocenters. The molecule has 120 valence electrons. The third kappa shape index (κ3) is 4.00. The average molecular weight is 316 g/mol. The van der Waals surface area contributed by atoms with Gasteiger partial charge in [0, 0.05) is 18.1 Å². The van der Waals surface area contributed by atoms with Crippen LogP contribution in [-0.2, 0) is 20.7 Å². The standard InChI is InChI=1S/C17H16O6/c1-21-15-6-4-3-5-11(15)9-12-7-8-16(23-12)13(18)10-14(19)17(20)22-2/h3-8,10,18H,9H2,1-2H3/b13-10-. The molecule has 23 heavy (non-hydrogen) atoms. The highest BCUT2D eigenvalue weighted by Gasteiger charge is 2.15. The van der Waals surface area contributed by atoms with E-state index in [-0.39, 0.29) is 5.76 Å². The summed E-state index contributed by atoms with van der Waals surface area (Å²) in [5.74, 6) is -1.06. The van der Waals surface area contributed by atoms with E-state index in [2.05, 4.69) is 4.74 Å². The number of esters is 1. The second-order valence-corrected chi connectivity index (χ2v) is 4.64. The minimum atomic E-state index is -1.06. The molecule has 0 spiro atoms. The first-order valence-electron chi connectivity index (χ1n) is 6.79. The van der Waals surface area contributed by atoms with Gasteiger partial charge in [0.05, 0.1) is 14.2 Å². The molecule has 6 nitrogen and oxygen atoms in total. The summed E-state index contributed by atoms with van der Waals surface area (Å²) in [4.78, 5) is 22.4. The van der Waals surface area contributed by atoms with Gasteiger partial charge in [-0.15, -0.1) is 0 Å². The van der Waals surface area contributed by atoms with Crippen molar-refractivity contribution >= 4 is 17.5 Å². The van der Waals surface area contributed by atoms with Crippen LogP contribution in [0.15, 0.2) is 46.9 Å². The normalized spacial score (nSPS) is 11.1. The molecule has 2 rings (SSSR count). The highest BCUT2D eigenvalue weighted by Crippen LogP contribution is 2.23. The van der Waals surface area contributed by atoms with E-state index in [0.29, 0.717) is 12.2 Å². The summed E-state index contributed by atoms with van der Waals surface area (Å²) in [6, 6.07) is 10.7. The fraction of sp³-hybridized carbons (Fsp3) is 0.176.